The van der Waals surface area contributed by atoms with Gasteiger partial charge in [0.15, 0.2) is 6.10 Å². The summed E-state index contributed by atoms with van der Waals surface area (Å²) in [4.78, 5) is 14.7. The van der Waals surface area contributed by atoms with Crippen molar-refractivity contribution in [1.29, 1.82) is 0 Å². The number of fused-ring (bicyclic) bond motifs is 1. The van der Waals surface area contributed by atoms with Gasteiger partial charge in [-0.25, -0.2) is 9.18 Å². The van der Waals surface area contributed by atoms with E-state index in [4.69, 9.17) is 14.2 Å². The van der Waals surface area contributed by atoms with Crippen LogP contribution in [-0.2, 0) is 34.1 Å². The topological polar surface area (TPSA) is 60.0 Å². The Morgan fingerprint density at radius 2 is 1.57 bits per heavy atom. The average Bonchev–Trinajstić information content (AvgIpc) is 3.45. The Labute approximate surface area is 268 Å². The molecule has 248 valence electrons. The van der Waals surface area contributed by atoms with Crippen molar-refractivity contribution in [3.8, 4) is 11.5 Å². The zero-order valence-corrected chi connectivity index (χ0v) is 26.7. The lowest BCUT2D eigenvalue weighted by Gasteiger charge is -2.21. The number of benzene rings is 3. The maximum atomic E-state index is 14.2. The molecule has 2 aliphatic rings. The molecule has 0 spiro atoms. The molecule has 3 aromatic rings. The van der Waals surface area contributed by atoms with E-state index in [9.17, 15) is 22.4 Å². The van der Waals surface area contributed by atoms with Crippen molar-refractivity contribution < 1.29 is 36.6 Å². The number of nitrogens with zero attached hydrogens (tertiary/aromatic N) is 1. The van der Waals surface area contributed by atoms with Crippen molar-refractivity contribution in [2.24, 2.45) is 11.8 Å². The summed E-state index contributed by atoms with van der Waals surface area (Å²) in [5, 5.41) is 3.51. The molecule has 5 rings (SSSR count). The highest BCUT2D eigenvalue weighted by Gasteiger charge is 2.55. The van der Waals surface area contributed by atoms with Crippen molar-refractivity contribution >= 4 is 5.97 Å². The first kappa shape index (κ1) is 33.7. The van der Waals surface area contributed by atoms with Crippen LogP contribution in [0.15, 0.2) is 66.7 Å². The Balaban J connectivity index is 1.04. The summed E-state index contributed by atoms with van der Waals surface area (Å²) in [7, 11) is 0. The Bertz CT molecular complexity index is 1460. The third kappa shape index (κ3) is 8.59. The second kappa shape index (κ2) is 14.0. The van der Waals surface area contributed by atoms with Crippen LogP contribution in [0.1, 0.15) is 49.9 Å². The number of rotatable bonds is 13. The molecule has 2 fully saturated rings. The van der Waals surface area contributed by atoms with Crippen LogP contribution in [0.4, 0.5) is 17.6 Å². The number of nitrogens with one attached hydrogen (secondary N) is 1. The van der Waals surface area contributed by atoms with E-state index in [1.54, 1.807) is 6.92 Å². The van der Waals surface area contributed by atoms with Crippen molar-refractivity contribution in [2.45, 2.75) is 64.4 Å². The van der Waals surface area contributed by atoms with Gasteiger partial charge in [0.1, 0.15) is 23.9 Å². The van der Waals surface area contributed by atoms with E-state index in [-0.39, 0.29) is 24.1 Å². The lowest BCUT2D eigenvalue weighted by Crippen LogP contribution is -2.33. The van der Waals surface area contributed by atoms with Gasteiger partial charge in [-0.3, -0.25) is 4.90 Å². The largest absolute Gasteiger partial charge is 0.492 e. The Kier molecular flexibility index (Phi) is 10.3. The summed E-state index contributed by atoms with van der Waals surface area (Å²) in [5.41, 5.74) is 1.36. The smallest absolute Gasteiger partial charge is 0.416 e. The summed E-state index contributed by atoms with van der Waals surface area (Å²) >= 11 is 0. The minimum atomic E-state index is -4.49. The minimum Gasteiger partial charge on any atom is -0.492 e. The SMILES string of the molecule is CCOC(=O)[C@H](Cc1ccc(OCCNC2C3CN(Cc4cc(C(F)(F)F)ccc4F)C[C@@H]32)cc1)Oc1ccc(C(C)(C)C)cc1. The number of carbonyl (C=O) groups is 1. The first-order valence-corrected chi connectivity index (χ1v) is 15.8. The van der Waals surface area contributed by atoms with Gasteiger partial charge >= 0.3 is 12.1 Å². The zero-order chi connectivity index (χ0) is 33.1. The average molecular weight is 643 g/mol. The Hall–Kier alpha value is -3.63. The lowest BCUT2D eigenvalue weighted by molar-refractivity contribution is -0.151. The van der Waals surface area contributed by atoms with E-state index >= 15 is 0 Å². The van der Waals surface area contributed by atoms with Gasteiger partial charge < -0.3 is 19.5 Å². The molecule has 1 heterocycles. The zero-order valence-electron chi connectivity index (χ0n) is 26.7. The summed E-state index contributed by atoms with van der Waals surface area (Å²) in [5.74, 6) is 1.10. The van der Waals surface area contributed by atoms with Crippen LogP contribution in [0, 0.1) is 17.7 Å². The highest BCUT2D eigenvalue weighted by molar-refractivity contribution is 5.75. The van der Waals surface area contributed by atoms with E-state index in [2.05, 4.69) is 26.1 Å². The molecule has 2 unspecified atom stereocenters. The fraction of sp³-hybridized carbons (Fsp3) is 0.472. The molecule has 0 radical (unpaired) electrons. The van der Waals surface area contributed by atoms with Gasteiger partial charge in [-0.05, 0) is 77.8 Å². The number of alkyl halides is 3. The predicted octanol–water partition coefficient (Wildman–Crippen LogP) is 6.79. The van der Waals surface area contributed by atoms with Crippen LogP contribution < -0.4 is 14.8 Å². The molecule has 3 aromatic carbocycles. The highest BCUT2D eigenvalue weighted by atomic mass is 19.4. The molecular weight excluding hydrogens is 600 g/mol. The van der Waals surface area contributed by atoms with Gasteiger partial charge in [0, 0.05) is 44.2 Å². The molecule has 1 saturated heterocycles. The molecule has 4 atom stereocenters. The van der Waals surface area contributed by atoms with Crippen molar-refractivity contribution in [2.75, 3.05) is 32.8 Å². The monoisotopic (exact) mass is 642 g/mol. The number of likely N-dealkylation sites (tertiary alicyclic amines) is 1. The second-order valence-electron chi connectivity index (χ2n) is 13.1. The second-order valence-corrected chi connectivity index (χ2v) is 13.1. The number of ether oxygens (including phenoxy) is 3. The van der Waals surface area contributed by atoms with E-state index in [1.807, 2.05) is 53.4 Å². The number of piperidine rings is 1. The first-order chi connectivity index (χ1) is 21.8. The lowest BCUT2D eigenvalue weighted by atomic mass is 9.87. The molecule has 0 amide bonds. The third-order valence-corrected chi connectivity index (χ3v) is 8.68. The van der Waals surface area contributed by atoms with Crippen molar-refractivity contribution in [3.05, 3.63) is 94.8 Å². The van der Waals surface area contributed by atoms with Crippen LogP contribution in [0.5, 0.6) is 11.5 Å². The Morgan fingerprint density at radius 3 is 2.17 bits per heavy atom. The molecule has 0 bridgehead atoms. The van der Waals surface area contributed by atoms with Gasteiger partial charge in [0.05, 0.1) is 12.2 Å². The summed E-state index contributed by atoms with van der Waals surface area (Å²) in [6.07, 6.45) is -4.92. The van der Waals surface area contributed by atoms with Gasteiger partial charge in [-0.1, -0.05) is 45.0 Å². The predicted molar refractivity (Wildman–Crippen MR) is 167 cm³/mol. The molecule has 10 heteroatoms. The Morgan fingerprint density at radius 1 is 0.935 bits per heavy atom. The third-order valence-electron chi connectivity index (χ3n) is 8.68. The summed E-state index contributed by atoms with van der Waals surface area (Å²) in [6.45, 7) is 11.2. The van der Waals surface area contributed by atoms with Gasteiger partial charge in [-0.2, -0.15) is 13.2 Å². The van der Waals surface area contributed by atoms with Crippen LogP contribution in [0.25, 0.3) is 0 Å². The molecule has 1 N–H and O–H groups in total. The van der Waals surface area contributed by atoms with E-state index in [0.29, 0.717) is 48.9 Å². The number of halogens is 4. The van der Waals surface area contributed by atoms with E-state index in [0.717, 1.165) is 36.9 Å². The summed E-state index contributed by atoms with van der Waals surface area (Å²) in [6, 6.07) is 18.3. The van der Waals surface area contributed by atoms with Gasteiger partial charge in [0.25, 0.3) is 0 Å². The molecule has 1 saturated carbocycles. The fourth-order valence-corrected chi connectivity index (χ4v) is 6.10. The summed E-state index contributed by atoms with van der Waals surface area (Å²) < 4.78 is 70.5. The standard InChI is InChI=1S/C36H42F4N2O4/c1-5-44-34(43)32(46-28-13-8-25(9-14-28)35(2,3)4)18-23-6-11-27(12-7-23)45-17-16-41-33-29-21-42(22-30(29)33)20-24-19-26(36(38,39)40)10-15-31(24)37/h6-15,19,29-30,32-33,41H,5,16-18,20-22H2,1-4H3/t29-,30?,32-,33?/m0/s1. The molecule has 0 aromatic heterocycles. The number of esters is 1. The highest BCUT2D eigenvalue weighted by Crippen LogP contribution is 2.46. The number of hydrogen-bond acceptors (Lipinski definition) is 6. The molecular formula is C36H42F4N2O4. The number of carbonyl (C=O) groups excluding carboxylic acids is 1. The molecule has 1 aliphatic carbocycles. The maximum Gasteiger partial charge on any atom is 0.416 e. The van der Waals surface area contributed by atoms with Crippen LogP contribution in [-0.4, -0.2) is 55.9 Å². The fourth-order valence-electron chi connectivity index (χ4n) is 6.10. The maximum absolute atomic E-state index is 14.2. The van der Waals surface area contributed by atoms with Crippen LogP contribution in [0.3, 0.4) is 0 Å². The number of hydrogen-bond donors (Lipinski definition) is 1. The van der Waals surface area contributed by atoms with Crippen LogP contribution in [0.2, 0.25) is 0 Å². The van der Waals surface area contributed by atoms with E-state index < -0.39 is 29.6 Å². The molecule has 1 aliphatic heterocycles. The van der Waals surface area contributed by atoms with Crippen molar-refractivity contribution in [3.63, 3.8) is 0 Å². The van der Waals surface area contributed by atoms with Crippen LogP contribution >= 0.6 is 0 Å². The normalized spacial score (nSPS) is 20.2. The van der Waals surface area contributed by atoms with E-state index in [1.165, 1.54) is 5.56 Å². The molecule has 46 heavy (non-hydrogen) atoms. The quantitative estimate of drug-likeness (QED) is 0.126. The molecule has 6 nitrogen and oxygen atoms in total. The first-order valence-electron chi connectivity index (χ1n) is 15.8. The van der Waals surface area contributed by atoms with Crippen molar-refractivity contribution in [1.82, 2.24) is 10.2 Å². The minimum absolute atomic E-state index is 0.0156. The van der Waals surface area contributed by atoms with Gasteiger partial charge in [0.2, 0.25) is 0 Å². The van der Waals surface area contributed by atoms with Gasteiger partial charge in [-0.15, -0.1) is 0 Å².